The van der Waals surface area contributed by atoms with Crippen molar-refractivity contribution in [1.82, 2.24) is 9.47 Å². The second kappa shape index (κ2) is 6.23. The fraction of sp³-hybridized carbons (Fsp3) is 0.667. The number of hydrogen-bond acceptors (Lipinski definition) is 3. The highest BCUT2D eigenvalue weighted by Gasteiger charge is 2.23. The largest absolute Gasteiger partial charge is 0.396 e. The Kier molecular flexibility index (Phi) is 4.62. The van der Waals surface area contributed by atoms with E-state index in [1.54, 1.807) is 0 Å². The van der Waals surface area contributed by atoms with Crippen LogP contribution in [0.1, 0.15) is 42.6 Å². The molecule has 1 aromatic rings. The molecule has 4 nitrogen and oxygen atoms in total. The van der Waals surface area contributed by atoms with Crippen molar-refractivity contribution >= 4 is 0 Å². The Morgan fingerprint density at radius 2 is 2.26 bits per heavy atom. The van der Waals surface area contributed by atoms with Crippen LogP contribution in [0.4, 0.5) is 0 Å². The highest BCUT2D eigenvalue weighted by molar-refractivity contribution is 5.34. The van der Waals surface area contributed by atoms with Gasteiger partial charge in [-0.15, -0.1) is 0 Å². The molecule has 0 amide bonds. The Labute approximate surface area is 115 Å². The van der Waals surface area contributed by atoms with E-state index in [-0.39, 0.29) is 6.61 Å². The Morgan fingerprint density at radius 1 is 1.47 bits per heavy atom. The van der Waals surface area contributed by atoms with Crippen LogP contribution >= 0.6 is 0 Å². The summed E-state index contributed by atoms with van der Waals surface area (Å²) in [6, 6.07) is 4.72. The highest BCUT2D eigenvalue weighted by atomic mass is 16.3. The van der Waals surface area contributed by atoms with Crippen LogP contribution < -0.4 is 0 Å². The number of aliphatic hydroxyl groups excluding tert-OH is 1. The SMILES string of the molecule is Cc1c(CN2CCCCC2CCO)cc(C#N)n1C. The molecule has 0 spiro atoms. The van der Waals surface area contributed by atoms with Gasteiger partial charge < -0.3 is 9.67 Å². The van der Waals surface area contributed by atoms with Gasteiger partial charge in [-0.1, -0.05) is 6.42 Å². The molecule has 1 N–H and O–H groups in total. The second-order valence-corrected chi connectivity index (χ2v) is 5.44. The summed E-state index contributed by atoms with van der Waals surface area (Å²) < 4.78 is 1.96. The number of piperidine rings is 1. The lowest BCUT2D eigenvalue weighted by Gasteiger charge is -2.35. The van der Waals surface area contributed by atoms with Gasteiger partial charge in [0.15, 0.2) is 0 Å². The normalized spacial score (nSPS) is 20.4. The minimum Gasteiger partial charge on any atom is -0.396 e. The molecule has 4 heteroatoms. The Morgan fingerprint density at radius 3 is 2.89 bits per heavy atom. The lowest BCUT2D eigenvalue weighted by molar-refractivity contribution is 0.112. The zero-order chi connectivity index (χ0) is 13.8. The summed E-state index contributed by atoms with van der Waals surface area (Å²) >= 11 is 0. The minimum absolute atomic E-state index is 0.262. The number of hydrogen-bond donors (Lipinski definition) is 1. The van der Waals surface area contributed by atoms with E-state index in [1.807, 2.05) is 17.7 Å². The van der Waals surface area contributed by atoms with Crippen molar-refractivity contribution in [3.63, 3.8) is 0 Å². The molecule has 19 heavy (non-hydrogen) atoms. The van der Waals surface area contributed by atoms with Gasteiger partial charge in [0.2, 0.25) is 0 Å². The summed E-state index contributed by atoms with van der Waals surface area (Å²) in [5.41, 5.74) is 3.14. The van der Waals surface area contributed by atoms with Gasteiger partial charge in [-0.05, 0) is 44.4 Å². The van der Waals surface area contributed by atoms with Crippen LogP contribution in [-0.2, 0) is 13.6 Å². The van der Waals surface area contributed by atoms with Gasteiger partial charge in [-0.3, -0.25) is 4.90 Å². The first-order chi connectivity index (χ1) is 9.17. The van der Waals surface area contributed by atoms with Crippen molar-refractivity contribution in [3.05, 3.63) is 23.0 Å². The smallest absolute Gasteiger partial charge is 0.120 e. The van der Waals surface area contributed by atoms with E-state index in [2.05, 4.69) is 17.9 Å². The molecule has 1 aliphatic rings. The van der Waals surface area contributed by atoms with Crippen LogP contribution in [0, 0.1) is 18.3 Å². The lowest BCUT2D eigenvalue weighted by atomic mass is 9.99. The van der Waals surface area contributed by atoms with Crippen LogP contribution in [0.25, 0.3) is 0 Å². The molecule has 1 fully saturated rings. The highest BCUT2D eigenvalue weighted by Crippen LogP contribution is 2.24. The summed E-state index contributed by atoms with van der Waals surface area (Å²) in [6.45, 7) is 4.33. The number of nitrogens with zero attached hydrogens (tertiary/aromatic N) is 3. The molecule has 0 saturated carbocycles. The molecule has 1 aliphatic heterocycles. The second-order valence-electron chi connectivity index (χ2n) is 5.44. The lowest BCUT2D eigenvalue weighted by Crippen LogP contribution is -2.39. The van der Waals surface area contributed by atoms with E-state index in [4.69, 9.17) is 10.4 Å². The Hall–Kier alpha value is -1.31. The van der Waals surface area contributed by atoms with Crippen molar-refractivity contribution in [2.45, 2.75) is 45.2 Å². The predicted molar refractivity (Wildman–Crippen MR) is 74.6 cm³/mol. The third-order valence-corrected chi connectivity index (χ3v) is 4.34. The van der Waals surface area contributed by atoms with Crippen molar-refractivity contribution in [2.24, 2.45) is 7.05 Å². The van der Waals surface area contributed by atoms with Gasteiger partial charge in [0, 0.05) is 31.9 Å². The molecule has 0 aromatic carbocycles. The van der Waals surface area contributed by atoms with Gasteiger partial charge in [-0.2, -0.15) is 5.26 Å². The molecular weight excluding hydrogens is 238 g/mol. The average molecular weight is 261 g/mol. The molecule has 1 aromatic heterocycles. The number of aromatic nitrogens is 1. The molecule has 1 unspecified atom stereocenters. The first-order valence-electron chi connectivity index (χ1n) is 7.07. The van der Waals surface area contributed by atoms with E-state index >= 15 is 0 Å². The molecular formula is C15H23N3O. The molecule has 0 radical (unpaired) electrons. The van der Waals surface area contributed by atoms with Crippen LogP contribution in [0.2, 0.25) is 0 Å². The number of aliphatic hydroxyl groups is 1. The van der Waals surface area contributed by atoms with Crippen molar-refractivity contribution < 1.29 is 5.11 Å². The maximum Gasteiger partial charge on any atom is 0.120 e. The fourth-order valence-electron chi connectivity index (χ4n) is 2.99. The van der Waals surface area contributed by atoms with E-state index in [0.29, 0.717) is 6.04 Å². The quantitative estimate of drug-likeness (QED) is 0.901. The topological polar surface area (TPSA) is 52.2 Å². The average Bonchev–Trinajstić information content (AvgIpc) is 2.69. The fourth-order valence-corrected chi connectivity index (χ4v) is 2.99. The van der Waals surface area contributed by atoms with Crippen LogP contribution in [-0.4, -0.2) is 33.8 Å². The molecule has 1 saturated heterocycles. The van der Waals surface area contributed by atoms with Gasteiger partial charge >= 0.3 is 0 Å². The first-order valence-corrected chi connectivity index (χ1v) is 7.07. The van der Waals surface area contributed by atoms with E-state index in [0.717, 1.165) is 25.2 Å². The summed E-state index contributed by atoms with van der Waals surface area (Å²) in [5.74, 6) is 0. The summed E-state index contributed by atoms with van der Waals surface area (Å²) in [7, 11) is 1.94. The maximum atomic E-state index is 9.17. The summed E-state index contributed by atoms with van der Waals surface area (Å²) in [6.07, 6.45) is 4.53. The minimum atomic E-state index is 0.262. The van der Waals surface area contributed by atoms with E-state index in [1.165, 1.54) is 30.5 Å². The monoisotopic (exact) mass is 261 g/mol. The summed E-state index contributed by atoms with van der Waals surface area (Å²) in [4.78, 5) is 2.46. The third kappa shape index (κ3) is 2.99. The van der Waals surface area contributed by atoms with Crippen LogP contribution in [0.15, 0.2) is 6.07 Å². The molecule has 0 bridgehead atoms. The van der Waals surface area contributed by atoms with Crippen molar-refractivity contribution in [1.29, 1.82) is 5.26 Å². The Balaban J connectivity index is 2.13. The van der Waals surface area contributed by atoms with E-state index in [9.17, 15) is 0 Å². The molecule has 2 heterocycles. The van der Waals surface area contributed by atoms with Gasteiger partial charge in [0.25, 0.3) is 0 Å². The van der Waals surface area contributed by atoms with Crippen molar-refractivity contribution in [3.8, 4) is 6.07 Å². The summed E-state index contributed by atoms with van der Waals surface area (Å²) in [5, 5.41) is 18.3. The van der Waals surface area contributed by atoms with Gasteiger partial charge in [0.05, 0.1) is 0 Å². The third-order valence-electron chi connectivity index (χ3n) is 4.34. The van der Waals surface area contributed by atoms with Crippen molar-refractivity contribution in [2.75, 3.05) is 13.2 Å². The molecule has 104 valence electrons. The zero-order valence-corrected chi connectivity index (χ0v) is 11.9. The van der Waals surface area contributed by atoms with Crippen LogP contribution in [0.3, 0.4) is 0 Å². The molecule has 2 rings (SSSR count). The standard InChI is InChI=1S/C15H23N3O/c1-12-13(9-15(10-16)17(12)2)11-18-7-4-3-5-14(18)6-8-19/h9,14,19H,3-8,11H2,1-2H3. The molecule has 1 atom stereocenters. The Bertz CT molecular complexity index is 470. The zero-order valence-electron chi connectivity index (χ0n) is 11.9. The van der Waals surface area contributed by atoms with Gasteiger partial charge in [0.1, 0.15) is 11.8 Å². The van der Waals surface area contributed by atoms with Gasteiger partial charge in [-0.25, -0.2) is 0 Å². The number of likely N-dealkylation sites (tertiary alicyclic amines) is 1. The maximum absolute atomic E-state index is 9.17. The van der Waals surface area contributed by atoms with Crippen LogP contribution in [0.5, 0.6) is 0 Å². The first kappa shape index (κ1) is 14.1. The van der Waals surface area contributed by atoms with E-state index < -0.39 is 0 Å². The number of rotatable bonds is 4. The number of nitriles is 1. The molecule has 0 aliphatic carbocycles. The predicted octanol–water partition coefficient (Wildman–Crippen LogP) is 1.94.